The second-order valence-corrected chi connectivity index (χ2v) is 11.0. The Labute approximate surface area is 204 Å². The van der Waals surface area contributed by atoms with Crippen LogP contribution in [0.4, 0.5) is 0 Å². The SMILES string of the molecule is CC(C)(C)CC(C)(C)c1ccc(OCCOCCOCCOCCOCCOP(=O)(O)O)cc1. The minimum atomic E-state index is -4.42. The van der Waals surface area contributed by atoms with E-state index in [1.807, 2.05) is 12.1 Å². The van der Waals surface area contributed by atoms with Crippen LogP contribution >= 0.6 is 7.82 Å². The van der Waals surface area contributed by atoms with Crippen molar-refractivity contribution in [3.63, 3.8) is 0 Å². The summed E-state index contributed by atoms with van der Waals surface area (Å²) in [6.07, 6.45) is 1.11. The summed E-state index contributed by atoms with van der Waals surface area (Å²) >= 11 is 0. The van der Waals surface area contributed by atoms with Gasteiger partial charge in [0.1, 0.15) is 12.4 Å². The van der Waals surface area contributed by atoms with Crippen molar-refractivity contribution in [2.24, 2.45) is 5.41 Å². The van der Waals surface area contributed by atoms with E-state index in [0.29, 0.717) is 52.9 Å². The first-order chi connectivity index (χ1) is 15.9. The Bertz CT molecular complexity index is 695. The van der Waals surface area contributed by atoms with Crippen LogP contribution in [0, 0.1) is 5.41 Å². The highest BCUT2D eigenvalue weighted by Crippen LogP contribution is 2.36. The fourth-order valence-electron chi connectivity index (χ4n) is 3.63. The number of ether oxygens (including phenoxy) is 5. The third-order valence-corrected chi connectivity index (χ3v) is 5.23. The average Bonchev–Trinajstić information content (AvgIpc) is 2.71. The van der Waals surface area contributed by atoms with Crippen molar-refractivity contribution in [2.75, 3.05) is 66.1 Å². The fourth-order valence-corrected chi connectivity index (χ4v) is 3.94. The van der Waals surface area contributed by atoms with Gasteiger partial charge in [-0.2, -0.15) is 0 Å². The van der Waals surface area contributed by atoms with Crippen LogP contribution in [0.25, 0.3) is 0 Å². The Morgan fingerprint density at radius 2 is 1.09 bits per heavy atom. The summed E-state index contributed by atoms with van der Waals surface area (Å²) in [5.74, 6) is 0.839. The predicted octanol–water partition coefficient (Wildman–Crippen LogP) is 3.95. The van der Waals surface area contributed by atoms with E-state index in [0.717, 1.165) is 12.2 Å². The number of phosphoric acid groups is 1. The molecule has 9 nitrogen and oxygen atoms in total. The van der Waals surface area contributed by atoms with Gasteiger partial charge in [-0.1, -0.05) is 46.8 Å². The van der Waals surface area contributed by atoms with Crippen molar-refractivity contribution in [3.8, 4) is 5.75 Å². The number of rotatable bonds is 19. The number of phosphoric ester groups is 1. The number of benzene rings is 1. The topological polar surface area (TPSA) is 113 Å². The lowest BCUT2D eigenvalue weighted by atomic mass is 9.72. The molecule has 0 fully saturated rings. The maximum Gasteiger partial charge on any atom is 0.469 e. The van der Waals surface area contributed by atoms with Crippen LogP contribution in [0.5, 0.6) is 5.75 Å². The molecule has 0 aliphatic heterocycles. The number of hydrogen-bond acceptors (Lipinski definition) is 7. The van der Waals surface area contributed by atoms with Crippen molar-refractivity contribution in [1.82, 2.24) is 0 Å². The summed E-state index contributed by atoms with van der Waals surface area (Å²) in [7, 11) is -4.42. The maximum atomic E-state index is 10.5. The molecular formula is C24H43O9P. The zero-order valence-electron chi connectivity index (χ0n) is 21.3. The largest absolute Gasteiger partial charge is 0.491 e. The first-order valence-electron chi connectivity index (χ1n) is 11.6. The first kappa shape index (κ1) is 31.0. The summed E-state index contributed by atoms with van der Waals surface area (Å²) in [6.45, 7) is 14.7. The molecule has 198 valence electrons. The van der Waals surface area contributed by atoms with E-state index in [4.69, 9.17) is 33.5 Å². The van der Waals surface area contributed by atoms with Crippen molar-refractivity contribution < 1.29 is 42.6 Å². The van der Waals surface area contributed by atoms with Crippen molar-refractivity contribution in [3.05, 3.63) is 29.8 Å². The first-order valence-corrected chi connectivity index (χ1v) is 13.2. The molecular weight excluding hydrogens is 463 g/mol. The van der Waals surface area contributed by atoms with Gasteiger partial charge < -0.3 is 33.5 Å². The van der Waals surface area contributed by atoms with E-state index < -0.39 is 7.82 Å². The molecule has 1 rings (SSSR count). The zero-order valence-corrected chi connectivity index (χ0v) is 22.2. The summed E-state index contributed by atoms with van der Waals surface area (Å²) < 4.78 is 41.8. The Morgan fingerprint density at radius 1 is 0.676 bits per heavy atom. The van der Waals surface area contributed by atoms with E-state index >= 15 is 0 Å². The molecule has 1 aromatic carbocycles. The monoisotopic (exact) mass is 506 g/mol. The van der Waals surface area contributed by atoms with Gasteiger partial charge in [-0.25, -0.2) is 4.57 Å². The molecule has 0 aromatic heterocycles. The van der Waals surface area contributed by atoms with Gasteiger partial charge in [0.25, 0.3) is 0 Å². The summed E-state index contributed by atoms with van der Waals surface area (Å²) in [5, 5.41) is 0. The second kappa shape index (κ2) is 15.9. The third-order valence-electron chi connectivity index (χ3n) is 4.71. The normalized spacial score (nSPS) is 12.8. The Kier molecular flexibility index (Phi) is 14.5. The predicted molar refractivity (Wildman–Crippen MR) is 130 cm³/mol. The van der Waals surface area contributed by atoms with Gasteiger partial charge in [-0.15, -0.1) is 0 Å². The zero-order chi connectivity index (χ0) is 25.5. The van der Waals surface area contributed by atoms with Gasteiger partial charge in [0.15, 0.2) is 0 Å². The van der Waals surface area contributed by atoms with Crippen LogP contribution in [0.15, 0.2) is 24.3 Å². The van der Waals surface area contributed by atoms with E-state index in [-0.39, 0.29) is 24.0 Å². The van der Waals surface area contributed by atoms with Gasteiger partial charge in [0.05, 0.1) is 59.5 Å². The fraction of sp³-hybridized carbons (Fsp3) is 0.750. The van der Waals surface area contributed by atoms with Crippen molar-refractivity contribution in [2.45, 2.75) is 46.5 Å². The maximum absolute atomic E-state index is 10.5. The molecule has 0 spiro atoms. The highest BCUT2D eigenvalue weighted by atomic mass is 31.2. The minimum absolute atomic E-state index is 0.0902. The molecule has 2 N–H and O–H groups in total. The van der Waals surface area contributed by atoms with E-state index in [1.165, 1.54) is 5.56 Å². The van der Waals surface area contributed by atoms with E-state index in [9.17, 15) is 4.57 Å². The Morgan fingerprint density at radius 3 is 1.50 bits per heavy atom. The summed E-state index contributed by atoms with van der Waals surface area (Å²) in [5.41, 5.74) is 1.70. The van der Waals surface area contributed by atoms with Crippen LogP contribution < -0.4 is 4.74 Å². The summed E-state index contributed by atoms with van der Waals surface area (Å²) in [6, 6.07) is 8.32. The van der Waals surface area contributed by atoms with Crippen LogP contribution in [0.3, 0.4) is 0 Å². The van der Waals surface area contributed by atoms with Gasteiger partial charge in [0.2, 0.25) is 0 Å². The highest BCUT2D eigenvalue weighted by Gasteiger charge is 2.27. The van der Waals surface area contributed by atoms with E-state index in [2.05, 4.69) is 51.3 Å². The van der Waals surface area contributed by atoms with Gasteiger partial charge in [-0.3, -0.25) is 4.52 Å². The standard InChI is InChI=1S/C24H43O9P/c1-23(2,3)20-24(4,5)21-6-8-22(9-7-21)32-18-16-30-14-12-28-10-11-29-13-15-31-17-19-33-34(25,26)27/h6-9H,10-20H2,1-5H3,(H2,25,26,27). The highest BCUT2D eigenvalue weighted by molar-refractivity contribution is 7.46. The lowest BCUT2D eigenvalue weighted by molar-refractivity contribution is -0.00780. The van der Waals surface area contributed by atoms with Crippen LogP contribution in [-0.2, 0) is 33.5 Å². The van der Waals surface area contributed by atoms with Gasteiger partial charge in [-0.05, 0) is 34.9 Å². The molecule has 0 radical (unpaired) electrons. The molecule has 0 saturated heterocycles. The van der Waals surface area contributed by atoms with Crippen LogP contribution in [-0.4, -0.2) is 75.9 Å². The van der Waals surface area contributed by atoms with E-state index in [1.54, 1.807) is 0 Å². The molecule has 0 saturated carbocycles. The molecule has 0 unspecified atom stereocenters. The Balaban J connectivity index is 1.96. The molecule has 0 aliphatic carbocycles. The van der Waals surface area contributed by atoms with Crippen LogP contribution in [0.1, 0.15) is 46.6 Å². The minimum Gasteiger partial charge on any atom is -0.491 e. The molecule has 0 aliphatic rings. The third kappa shape index (κ3) is 16.6. The molecule has 0 amide bonds. The quantitative estimate of drug-likeness (QED) is 0.213. The Hall–Kier alpha value is -1.03. The smallest absolute Gasteiger partial charge is 0.469 e. The van der Waals surface area contributed by atoms with Crippen LogP contribution in [0.2, 0.25) is 0 Å². The number of hydrogen-bond donors (Lipinski definition) is 2. The molecule has 34 heavy (non-hydrogen) atoms. The van der Waals surface area contributed by atoms with Crippen molar-refractivity contribution in [1.29, 1.82) is 0 Å². The lowest BCUT2D eigenvalue weighted by Gasteiger charge is -2.33. The average molecular weight is 507 g/mol. The molecule has 1 aromatic rings. The molecule has 0 heterocycles. The molecule has 10 heteroatoms. The molecule has 0 bridgehead atoms. The van der Waals surface area contributed by atoms with Gasteiger partial charge in [0, 0.05) is 0 Å². The van der Waals surface area contributed by atoms with Crippen molar-refractivity contribution >= 4 is 7.82 Å². The molecule has 0 atom stereocenters. The lowest BCUT2D eigenvalue weighted by Crippen LogP contribution is -2.24. The second-order valence-electron chi connectivity index (χ2n) is 9.77. The van der Waals surface area contributed by atoms with Gasteiger partial charge >= 0.3 is 7.82 Å². The summed E-state index contributed by atoms with van der Waals surface area (Å²) in [4.78, 5) is 17.0.